The minimum atomic E-state index is -0.516. The van der Waals surface area contributed by atoms with Gasteiger partial charge in [-0.15, -0.1) is 0 Å². The molecule has 0 spiro atoms. The van der Waals surface area contributed by atoms with Gasteiger partial charge in [-0.25, -0.2) is 0 Å². The average molecular weight is 327 g/mol. The molecule has 2 heteroatoms. The Morgan fingerprint density at radius 3 is 1.61 bits per heavy atom. The molecule has 0 aromatic carbocycles. The van der Waals surface area contributed by atoms with E-state index in [1.807, 2.05) is 0 Å². The minimum absolute atomic E-state index is 0.120. The van der Waals surface area contributed by atoms with Gasteiger partial charge in [0.2, 0.25) is 0 Å². The zero-order valence-electron chi connectivity index (χ0n) is 16.9. The highest BCUT2D eigenvalue weighted by atomic mass is 15.0. The number of hydrogen-bond acceptors (Lipinski definition) is 2. The number of nitrogens with two attached hydrogens (primary N) is 2. The maximum Gasteiger partial charge on any atom is 0.0697 e. The van der Waals surface area contributed by atoms with E-state index in [4.69, 9.17) is 11.5 Å². The van der Waals surface area contributed by atoms with Crippen LogP contribution in [0.15, 0.2) is 0 Å². The van der Waals surface area contributed by atoms with Crippen LogP contribution in [0, 0.1) is 11.3 Å². The second-order valence-electron chi connectivity index (χ2n) is 7.78. The van der Waals surface area contributed by atoms with Crippen molar-refractivity contribution >= 4 is 0 Å². The third-order valence-electron chi connectivity index (χ3n) is 5.81. The Morgan fingerprint density at radius 1 is 0.609 bits per heavy atom. The lowest BCUT2D eigenvalue weighted by atomic mass is 9.58. The van der Waals surface area contributed by atoms with Crippen LogP contribution in [-0.4, -0.2) is 5.66 Å². The summed E-state index contributed by atoms with van der Waals surface area (Å²) in [5.41, 5.74) is 13.2. The molecule has 2 nitrogen and oxygen atoms in total. The van der Waals surface area contributed by atoms with Gasteiger partial charge in [0, 0.05) is 5.41 Å². The van der Waals surface area contributed by atoms with Crippen molar-refractivity contribution in [3.8, 4) is 0 Å². The third kappa shape index (κ3) is 6.74. The van der Waals surface area contributed by atoms with Crippen LogP contribution < -0.4 is 11.5 Å². The van der Waals surface area contributed by atoms with E-state index < -0.39 is 5.66 Å². The predicted octanol–water partition coefficient (Wildman–Crippen LogP) is 6.37. The summed E-state index contributed by atoms with van der Waals surface area (Å²) in [6.45, 7) is 11.4. The molecule has 0 saturated heterocycles. The van der Waals surface area contributed by atoms with Crippen molar-refractivity contribution in [3.63, 3.8) is 0 Å². The van der Waals surface area contributed by atoms with Gasteiger partial charge in [0.1, 0.15) is 0 Å². The van der Waals surface area contributed by atoms with Gasteiger partial charge in [-0.1, -0.05) is 92.4 Å². The molecular formula is C21H46N2. The first-order chi connectivity index (χ1) is 11.0. The Labute approximate surface area is 147 Å². The normalized spacial score (nSPS) is 14.2. The van der Waals surface area contributed by atoms with E-state index in [9.17, 15) is 0 Å². The molecule has 0 aromatic heterocycles. The molecule has 0 heterocycles. The topological polar surface area (TPSA) is 52.0 Å². The van der Waals surface area contributed by atoms with Crippen molar-refractivity contribution < 1.29 is 0 Å². The largest absolute Gasteiger partial charge is 0.313 e. The molecule has 0 aliphatic rings. The summed E-state index contributed by atoms with van der Waals surface area (Å²) in [5, 5.41) is 0. The zero-order chi connectivity index (χ0) is 17.8. The van der Waals surface area contributed by atoms with Crippen molar-refractivity contribution in [2.45, 2.75) is 124 Å². The van der Waals surface area contributed by atoms with Gasteiger partial charge in [-0.3, -0.25) is 0 Å². The molecule has 0 aromatic rings. The molecule has 23 heavy (non-hydrogen) atoms. The molecule has 0 aliphatic heterocycles. The molecule has 1 atom stereocenters. The van der Waals surface area contributed by atoms with Crippen molar-refractivity contribution in [1.82, 2.24) is 0 Å². The highest BCUT2D eigenvalue weighted by molar-refractivity contribution is 5.01. The van der Waals surface area contributed by atoms with E-state index in [1.165, 1.54) is 70.6 Å². The SMILES string of the molecule is CCCCCCC(CCC)C(CCC)(CCC)C(N)(N)CCC. The van der Waals surface area contributed by atoms with Crippen molar-refractivity contribution in [1.29, 1.82) is 0 Å². The summed E-state index contributed by atoms with van der Waals surface area (Å²) in [5.74, 6) is 0.686. The van der Waals surface area contributed by atoms with Gasteiger partial charge in [0.25, 0.3) is 0 Å². The Morgan fingerprint density at radius 2 is 1.17 bits per heavy atom. The first-order valence-electron chi connectivity index (χ1n) is 10.5. The molecule has 0 saturated carbocycles. The molecule has 0 fully saturated rings. The number of hydrogen-bond donors (Lipinski definition) is 2. The van der Waals surface area contributed by atoms with E-state index in [-0.39, 0.29) is 5.41 Å². The van der Waals surface area contributed by atoms with E-state index in [0.717, 1.165) is 12.8 Å². The van der Waals surface area contributed by atoms with Crippen molar-refractivity contribution in [2.75, 3.05) is 0 Å². The smallest absolute Gasteiger partial charge is 0.0697 e. The summed E-state index contributed by atoms with van der Waals surface area (Å²) in [4.78, 5) is 0. The Kier molecular flexibility index (Phi) is 12.3. The van der Waals surface area contributed by atoms with Crippen LogP contribution in [-0.2, 0) is 0 Å². The fourth-order valence-electron chi connectivity index (χ4n) is 4.80. The fourth-order valence-corrected chi connectivity index (χ4v) is 4.80. The molecule has 0 radical (unpaired) electrons. The lowest BCUT2D eigenvalue weighted by molar-refractivity contribution is 0.00565. The quantitative estimate of drug-likeness (QED) is 0.271. The van der Waals surface area contributed by atoms with Crippen LogP contribution in [0.5, 0.6) is 0 Å². The molecule has 0 aliphatic carbocycles. The summed E-state index contributed by atoms with van der Waals surface area (Å²) < 4.78 is 0. The summed E-state index contributed by atoms with van der Waals surface area (Å²) in [6.07, 6.45) is 16.0. The van der Waals surface area contributed by atoms with Crippen LogP contribution in [0.3, 0.4) is 0 Å². The van der Waals surface area contributed by atoms with Gasteiger partial charge < -0.3 is 11.5 Å². The van der Waals surface area contributed by atoms with Crippen LogP contribution in [0.25, 0.3) is 0 Å². The van der Waals surface area contributed by atoms with Crippen LogP contribution in [0.2, 0.25) is 0 Å². The van der Waals surface area contributed by atoms with E-state index in [2.05, 4.69) is 34.6 Å². The second kappa shape index (κ2) is 12.3. The zero-order valence-corrected chi connectivity index (χ0v) is 16.9. The lowest BCUT2D eigenvalue weighted by Gasteiger charge is -2.52. The first-order valence-corrected chi connectivity index (χ1v) is 10.5. The maximum absolute atomic E-state index is 6.82. The van der Waals surface area contributed by atoms with Gasteiger partial charge >= 0.3 is 0 Å². The van der Waals surface area contributed by atoms with Gasteiger partial charge in [0.05, 0.1) is 5.66 Å². The summed E-state index contributed by atoms with van der Waals surface area (Å²) in [6, 6.07) is 0. The van der Waals surface area contributed by atoms with Gasteiger partial charge in [-0.2, -0.15) is 0 Å². The summed E-state index contributed by atoms with van der Waals surface area (Å²) in [7, 11) is 0. The minimum Gasteiger partial charge on any atom is -0.313 e. The molecule has 0 amide bonds. The van der Waals surface area contributed by atoms with Crippen molar-refractivity contribution in [2.24, 2.45) is 22.8 Å². The molecule has 0 rings (SSSR count). The summed E-state index contributed by atoms with van der Waals surface area (Å²) >= 11 is 0. The lowest BCUT2D eigenvalue weighted by Crippen LogP contribution is -2.65. The standard InChI is InChI=1S/C21H46N2/c1-6-11-12-13-15-19(14-7-2)20(16-8-3,17-9-4)21(22,23)18-10-5/h19H,6-18,22-23H2,1-5H3. The molecule has 0 bridgehead atoms. The van der Waals surface area contributed by atoms with Crippen molar-refractivity contribution in [3.05, 3.63) is 0 Å². The number of unbranched alkanes of at least 4 members (excludes halogenated alkanes) is 3. The molecule has 1 unspecified atom stereocenters. The number of rotatable bonds is 15. The fraction of sp³-hybridized carbons (Fsp3) is 1.00. The van der Waals surface area contributed by atoms with Crippen LogP contribution >= 0.6 is 0 Å². The first kappa shape index (κ1) is 22.9. The molecular weight excluding hydrogens is 280 g/mol. The highest BCUT2D eigenvalue weighted by Gasteiger charge is 2.48. The Hall–Kier alpha value is -0.0800. The Bertz CT molecular complexity index is 267. The predicted molar refractivity (Wildman–Crippen MR) is 105 cm³/mol. The third-order valence-corrected chi connectivity index (χ3v) is 5.81. The molecule has 140 valence electrons. The van der Waals surface area contributed by atoms with E-state index in [1.54, 1.807) is 0 Å². The van der Waals surface area contributed by atoms with Crippen LogP contribution in [0.4, 0.5) is 0 Å². The highest BCUT2D eigenvalue weighted by Crippen LogP contribution is 2.49. The average Bonchev–Trinajstić information content (AvgIpc) is 2.50. The maximum atomic E-state index is 6.82. The van der Waals surface area contributed by atoms with Gasteiger partial charge in [0.15, 0.2) is 0 Å². The molecule has 4 N–H and O–H groups in total. The Balaban J connectivity index is 5.42. The van der Waals surface area contributed by atoms with E-state index >= 15 is 0 Å². The second-order valence-corrected chi connectivity index (χ2v) is 7.78. The van der Waals surface area contributed by atoms with Crippen LogP contribution in [0.1, 0.15) is 118 Å². The van der Waals surface area contributed by atoms with E-state index in [0.29, 0.717) is 5.92 Å². The monoisotopic (exact) mass is 326 g/mol. The van der Waals surface area contributed by atoms with Gasteiger partial charge in [-0.05, 0) is 31.6 Å².